The number of alkyl halides is 3. The first-order valence-corrected chi connectivity index (χ1v) is 8.89. The molecule has 1 amide bonds. The fourth-order valence-electron chi connectivity index (χ4n) is 3.63. The summed E-state index contributed by atoms with van der Waals surface area (Å²) in [5.41, 5.74) is 1.00. The van der Waals surface area contributed by atoms with Gasteiger partial charge in [0.05, 0.1) is 0 Å². The molecule has 0 atom stereocenters. The third-order valence-corrected chi connectivity index (χ3v) is 4.76. The Morgan fingerprint density at radius 2 is 1.96 bits per heavy atom. The molecule has 0 saturated carbocycles. The average molecular weight is 368 g/mol. The maximum atomic E-state index is 12.7. The number of fused-ring (bicyclic) bond motifs is 1. The molecule has 1 fully saturated rings. The summed E-state index contributed by atoms with van der Waals surface area (Å²) in [6, 6.07) is 5.59. The number of H-pyrrole nitrogens is 1. The number of carbonyl (C=O) groups excluding carboxylic acids is 1. The third-order valence-electron chi connectivity index (χ3n) is 4.76. The quantitative estimate of drug-likeness (QED) is 0.829. The van der Waals surface area contributed by atoms with Gasteiger partial charge in [0.15, 0.2) is 0 Å². The first-order chi connectivity index (χ1) is 12.2. The van der Waals surface area contributed by atoms with Crippen molar-refractivity contribution in [1.29, 1.82) is 0 Å². The van der Waals surface area contributed by atoms with Crippen LogP contribution < -0.4 is 4.74 Å². The van der Waals surface area contributed by atoms with Crippen LogP contribution in [0.15, 0.2) is 24.3 Å². The van der Waals surface area contributed by atoms with Crippen molar-refractivity contribution in [3.05, 3.63) is 30.0 Å². The van der Waals surface area contributed by atoms with Gasteiger partial charge in [-0.3, -0.25) is 4.79 Å². The summed E-state index contributed by atoms with van der Waals surface area (Å²) >= 11 is 0. The zero-order chi connectivity index (χ0) is 18.9. The van der Waals surface area contributed by atoms with Gasteiger partial charge < -0.3 is 14.6 Å². The maximum Gasteiger partial charge on any atom is 0.573 e. The largest absolute Gasteiger partial charge is 0.573 e. The van der Waals surface area contributed by atoms with Gasteiger partial charge in [0.25, 0.3) is 5.91 Å². The number of ether oxygens (including phenoxy) is 1. The molecule has 2 aromatic rings. The summed E-state index contributed by atoms with van der Waals surface area (Å²) in [7, 11) is 0. The van der Waals surface area contributed by atoms with E-state index in [4.69, 9.17) is 0 Å². The molecule has 0 unspecified atom stereocenters. The van der Waals surface area contributed by atoms with E-state index in [0.717, 1.165) is 12.8 Å². The van der Waals surface area contributed by atoms with Gasteiger partial charge in [-0.25, -0.2) is 0 Å². The van der Waals surface area contributed by atoms with E-state index >= 15 is 0 Å². The lowest BCUT2D eigenvalue weighted by molar-refractivity contribution is -0.274. The molecule has 26 heavy (non-hydrogen) atoms. The molecule has 0 aliphatic carbocycles. The minimum atomic E-state index is -4.73. The molecule has 0 bridgehead atoms. The predicted molar refractivity (Wildman–Crippen MR) is 93.1 cm³/mol. The number of halogens is 3. The fourth-order valence-corrected chi connectivity index (χ4v) is 3.63. The zero-order valence-electron chi connectivity index (χ0n) is 14.9. The highest BCUT2D eigenvalue weighted by Gasteiger charge is 2.31. The lowest BCUT2D eigenvalue weighted by Gasteiger charge is -2.32. The Bertz CT molecular complexity index is 775. The van der Waals surface area contributed by atoms with Crippen LogP contribution in [-0.2, 0) is 0 Å². The van der Waals surface area contributed by atoms with Crippen LogP contribution in [0.5, 0.6) is 5.75 Å². The molecule has 4 nitrogen and oxygen atoms in total. The van der Waals surface area contributed by atoms with Gasteiger partial charge in [0.1, 0.15) is 11.4 Å². The van der Waals surface area contributed by atoms with Crippen molar-refractivity contribution < 1.29 is 22.7 Å². The number of carbonyl (C=O) groups is 1. The van der Waals surface area contributed by atoms with E-state index in [1.807, 2.05) is 4.90 Å². The molecule has 142 valence electrons. The van der Waals surface area contributed by atoms with Crippen LogP contribution in [0.4, 0.5) is 13.2 Å². The molecule has 1 aliphatic rings. The van der Waals surface area contributed by atoms with Gasteiger partial charge in [0, 0.05) is 24.0 Å². The molecule has 3 rings (SSSR count). The first kappa shape index (κ1) is 18.6. The lowest BCUT2D eigenvalue weighted by atomic mass is 9.88. The zero-order valence-corrected chi connectivity index (χ0v) is 14.9. The van der Waals surface area contributed by atoms with Crippen molar-refractivity contribution in [3.63, 3.8) is 0 Å². The van der Waals surface area contributed by atoms with Crippen molar-refractivity contribution in [2.45, 2.75) is 39.5 Å². The standard InChI is InChI=1S/C19H23F3N2O2/c1-12(2)9-13-5-7-24(8-6-13)18(25)17-11-14-10-15(26-19(20,21)22)3-4-16(14)23-17/h3-4,10-13,23H,5-9H2,1-2H3. The number of hydrogen-bond donors (Lipinski definition) is 1. The third kappa shape index (κ3) is 4.51. The first-order valence-electron chi connectivity index (χ1n) is 8.89. The molecular weight excluding hydrogens is 345 g/mol. The Morgan fingerprint density at radius 1 is 1.27 bits per heavy atom. The number of piperidine rings is 1. The molecule has 1 aromatic heterocycles. The van der Waals surface area contributed by atoms with E-state index in [0.29, 0.717) is 41.5 Å². The van der Waals surface area contributed by atoms with E-state index in [-0.39, 0.29) is 11.7 Å². The minimum Gasteiger partial charge on any atom is -0.406 e. The molecule has 1 N–H and O–H groups in total. The van der Waals surface area contributed by atoms with E-state index in [1.54, 1.807) is 6.07 Å². The summed E-state index contributed by atoms with van der Waals surface area (Å²) in [5.74, 6) is 0.910. The van der Waals surface area contributed by atoms with E-state index < -0.39 is 6.36 Å². The number of amides is 1. The van der Waals surface area contributed by atoms with Gasteiger partial charge in [-0.15, -0.1) is 13.2 Å². The molecule has 0 spiro atoms. The Morgan fingerprint density at radius 3 is 2.58 bits per heavy atom. The lowest BCUT2D eigenvalue weighted by Crippen LogP contribution is -2.38. The number of likely N-dealkylation sites (tertiary alicyclic amines) is 1. The van der Waals surface area contributed by atoms with Crippen molar-refractivity contribution in [2.24, 2.45) is 11.8 Å². The second-order valence-electron chi connectivity index (χ2n) is 7.34. The Labute approximate surface area is 150 Å². The van der Waals surface area contributed by atoms with Crippen molar-refractivity contribution in [2.75, 3.05) is 13.1 Å². The van der Waals surface area contributed by atoms with E-state index in [2.05, 4.69) is 23.6 Å². The SMILES string of the molecule is CC(C)CC1CCN(C(=O)c2cc3cc(OC(F)(F)F)ccc3[nH]2)CC1. The molecular formula is C19H23F3N2O2. The summed E-state index contributed by atoms with van der Waals surface area (Å²) in [6.07, 6.45) is -1.57. The average Bonchev–Trinajstić information content (AvgIpc) is 2.96. The number of aromatic amines is 1. The number of benzene rings is 1. The number of rotatable bonds is 4. The van der Waals surface area contributed by atoms with Crippen LogP contribution in [-0.4, -0.2) is 35.2 Å². The van der Waals surface area contributed by atoms with Crippen LogP contribution in [0, 0.1) is 11.8 Å². The van der Waals surface area contributed by atoms with Crippen molar-refractivity contribution >= 4 is 16.8 Å². The molecule has 1 aromatic carbocycles. The smallest absolute Gasteiger partial charge is 0.406 e. The Hall–Kier alpha value is -2.18. The molecule has 1 aliphatic heterocycles. The van der Waals surface area contributed by atoms with Crippen LogP contribution in [0.3, 0.4) is 0 Å². The molecule has 0 radical (unpaired) electrons. The summed E-state index contributed by atoms with van der Waals surface area (Å²) in [5, 5.41) is 0.518. The van der Waals surface area contributed by atoms with Crippen LogP contribution in [0.1, 0.15) is 43.6 Å². The fraction of sp³-hybridized carbons (Fsp3) is 0.526. The Balaban J connectivity index is 1.69. The monoisotopic (exact) mass is 368 g/mol. The van der Waals surface area contributed by atoms with Gasteiger partial charge >= 0.3 is 6.36 Å². The molecule has 7 heteroatoms. The number of nitrogens with zero attached hydrogens (tertiary/aromatic N) is 1. The van der Waals surface area contributed by atoms with Crippen molar-refractivity contribution in [1.82, 2.24) is 9.88 Å². The van der Waals surface area contributed by atoms with Gasteiger partial charge in [-0.1, -0.05) is 13.8 Å². The van der Waals surface area contributed by atoms with Crippen LogP contribution in [0.2, 0.25) is 0 Å². The number of aromatic nitrogens is 1. The highest BCUT2D eigenvalue weighted by molar-refractivity contribution is 5.98. The van der Waals surface area contributed by atoms with Gasteiger partial charge in [-0.05, 0) is 55.4 Å². The summed E-state index contributed by atoms with van der Waals surface area (Å²) in [4.78, 5) is 17.5. The Kier molecular flexibility index (Phi) is 5.16. The summed E-state index contributed by atoms with van der Waals surface area (Å²) in [6.45, 7) is 5.85. The van der Waals surface area contributed by atoms with Gasteiger partial charge in [-0.2, -0.15) is 0 Å². The second-order valence-corrected chi connectivity index (χ2v) is 7.34. The molecule has 1 saturated heterocycles. The highest BCUT2D eigenvalue weighted by atomic mass is 19.4. The normalized spacial score (nSPS) is 16.5. The van der Waals surface area contributed by atoms with E-state index in [1.165, 1.54) is 24.6 Å². The van der Waals surface area contributed by atoms with Gasteiger partial charge in [0.2, 0.25) is 0 Å². The molecule has 2 heterocycles. The topological polar surface area (TPSA) is 45.3 Å². The second kappa shape index (κ2) is 7.21. The van der Waals surface area contributed by atoms with Crippen LogP contribution in [0.25, 0.3) is 10.9 Å². The number of nitrogens with one attached hydrogen (secondary N) is 1. The number of hydrogen-bond acceptors (Lipinski definition) is 2. The predicted octanol–water partition coefficient (Wildman–Crippen LogP) is 4.96. The summed E-state index contributed by atoms with van der Waals surface area (Å²) < 4.78 is 40.9. The minimum absolute atomic E-state index is 0.109. The highest BCUT2D eigenvalue weighted by Crippen LogP contribution is 2.28. The van der Waals surface area contributed by atoms with E-state index in [9.17, 15) is 18.0 Å². The van der Waals surface area contributed by atoms with Crippen LogP contribution >= 0.6 is 0 Å². The maximum absolute atomic E-state index is 12.7. The van der Waals surface area contributed by atoms with Crippen molar-refractivity contribution in [3.8, 4) is 5.75 Å².